The zero-order valence-corrected chi connectivity index (χ0v) is 16.7. The van der Waals surface area contributed by atoms with Crippen LogP contribution in [0.3, 0.4) is 0 Å². The molecule has 8 nitrogen and oxygen atoms in total. The van der Waals surface area contributed by atoms with Gasteiger partial charge in [-0.15, -0.1) is 0 Å². The molecule has 0 saturated carbocycles. The van der Waals surface area contributed by atoms with Crippen LogP contribution in [0.2, 0.25) is 0 Å². The number of hydrogen-bond donors (Lipinski definition) is 4. The number of carbonyl (C=O) groups is 2. The lowest BCUT2D eigenvalue weighted by Crippen LogP contribution is -2.46. The Morgan fingerprint density at radius 2 is 1.81 bits per heavy atom. The molecule has 0 aliphatic heterocycles. The molecule has 31 heavy (non-hydrogen) atoms. The van der Waals surface area contributed by atoms with Crippen LogP contribution < -0.4 is 16.8 Å². The van der Waals surface area contributed by atoms with Gasteiger partial charge in [0.25, 0.3) is 5.91 Å². The van der Waals surface area contributed by atoms with Crippen LogP contribution in [0.4, 0.5) is 0 Å². The summed E-state index contributed by atoms with van der Waals surface area (Å²) in [6.07, 6.45) is 3.82. The molecule has 8 heteroatoms. The van der Waals surface area contributed by atoms with Gasteiger partial charge in [-0.1, -0.05) is 48.5 Å². The summed E-state index contributed by atoms with van der Waals surface area (Å²) in [5.74, 6) is -0.935. The molecule has 0 radical (unpaired) electrons. The van der Waals surface area contributed by atoms with E-state index in [0.717, 1.165) is 22.0 Å². The topological polar surface area (TPSA) is 140 Å². The molecule has 4 aromatic rings. The molecular weight excluding hydrogens is 394 g/mol. The Balaban J connectivity index is 1.44. The van der Waals surface area contributed by atoms with Gasteiger partial charge in [-0.3, -0.25) is 9.59 Å². The highest BCUT2D eigenvalue weighted by Gasteiger charge is 2.24. The highest BCUT2D eigenvalue weighted by Crippen LogP contribution is 2.20. The van der Waals surface area contributed by atoms with Gasteiger partial charge >= 0.3 is 0 Å². The number of benzene rings is 2. The van der Waals surface area contributed by atoms with Crippen LogP contribution >= 0.6 is 0 Å². The SMILES string of the molecule is NC(=O)C(Cc1c[nH]c2ccccc12)NC(=O)c1coc(C(N)Cc2ccccc2)n1. The van der Waals surface area contributed by atoms with Gasteiger partial charge in [-0.25, -0.2) is 4.98 Å². The van der Waals surface area contributed by atoms with Gasteiger partial charge in [0.05, 0.1) is 6.04 Å². The number of nitrogens with one attached hydrogen (secondary N) is 2. The molecule has 158 valence electrons. The highest BCUT2D eigenvalue weighted by molar-refractivity contribution is 5.96. The normalized spacial score (nSPS) is 13.1. The van der Waals surface area contributed by atoms with Crippen molar-refractivity contribution in [1.29, 1.82) is 0 Å². The van der Waals surface area contributed by atoms with Crippen molar-refractivity contribution in [2.45, 2.75) is 24.9 Å². The van der Waals surface area contributed by atoms with Crippen LogP contribution in [0.1, 0.15) is 33.5 Å². The Labute approximate surface area is 178 Å². The number of para-hydroxylation sites is 1. The van der Waals surface area contributed by atoms with Gasteiger partial charge in [-0.2, -0.15) is 0 Å². The monoisotopic (exact) mass is 417 g/mol. The quantitative estimate of drug-likeness (QED) is 0.348. The number of amides is 2. The number of hydrogen-bond acceptors (Lipinski definition) is 5. The molecule has 0 fully saturated rings. The largest absolute Gasteiger partial charge is 0.446 e. The summed E-state index contributed by atoms with van der Waals surface area (Å²) in [4.78, 5) is 32.0. The molecule has 0 aliphatic carbocycles. The van der Waals surface area contributed by atoms with E-state index in [0.29, 0.717) is 6.42 Å². The number of oxazole rings is 1. The summed E-state index contributed by atoms with van der Waals surface area (Å²) in [6.45, 7) is 0. The van der Waals surface area contributed by atoms with E-state index in [1.807, 2.05) is 60.8 Å². The van der Waals surface area contributed by atoms with E-state index in [9.17, 15) is 9.59 Å². The van der Waals surface area contributed by atoms with E-state index in [-0.39, 0.29) is 18.0 Å². The maximum atomic E-state index is 12.7. The Kier molecular flexibility index (Phi) is 5.81. The van der Waals surface area contributed by atoms with E-state index in [1.54, 1.807) is 0 Å². The summed E-state index contributed by atoms with van der Waals surface area (Å²) in [7, 11) is 0. The number of carbonyl (C=O) groups excluding carboxylic acids is 2. The molecular formula is C23H23N5O3. The van der Waals surface area contributed by atoms with E-state index in [2.05, 4.69) is 15.3 Å². The molecule has 0 saturated heterocycles. The van der Waals surface area contributed by atoms with Crippen molar-refractivity contribution in [1.82, 2.24) is 15.3 Å². The Morgan fingerprint density at radius 3 is 2.58 bits per heavy atom. The van der Waals surface area contributed by atoms with Crippen molar-refractivity contribution in [3.05, 3.63) is 89.8 Å². The highest BCUT2D eigenvalue weighted by atomic mass is 16.3. The molecule has 2 heterocycles. The predicted molar refractivity (Wildman–Crippen MR) is 116 cm³/mol. The van der Waals surface area contributed by atoms with Crippen LogP contribution in [0.15, 0.2) is 71.5 Å². The molecule has 2 atom stereocenters. The maximum absolute atomic E-state index is 12.7. The first-order valence-electron chi connectivity index (χ1n) is 9.91. The summed E-state index contributed by atoms with van der Waals surface area (Å²) in [5, 5.41) is 3.62. The van der Waals surface area contributed by atoms with Crippen molar-refractivity contribution >= 4 is 22.7 Å². The molecule has 2 aromatic carbocycles. The minimum atomic E-state index is -0.898. The third kappa shape index (κ3) is 4.65. The molecule has 2 unspecified atom stereocenters. The van der Waals surface area contributed by atoms with Crippen LogP contribution in [-0.2, 0) is 17.6 Å². The second-order valence-corrected chi connectivity index (χ2v) is 7.36. The van der Waals surface area contributed by atoms with Crippen molar-refractivity contribution in [2.75, 3.05) is 0 Å². The van der Waals surface area contributed by atoms with Crippen LogP contribution in [0.5, 0.6) is 0 Å². The van der Waals surface area contributed by atoms with Crippen LogP contribution in [0.25, 0.3) is 10.9 Å². The van der Waals surface area contributed by atoms with Crippen molar-refractivity contribution in [2.24, 2.45) is 11.5 Å². The van der Waals surface area contributed by atoms with Gasteiger partial charge in [0.1, 0.15) is 12.3 Å². The number of nitrogens with zero attached hydrogens (tertiary/aromatic N) is 1. The lowest BCUT2D eigenvalue weighted by atomic mass is 10.0. The molecule has 0 aliphatic rings. The van der Waals surface area contributed by atoms with Gasteiger partial charge in [0, 0.05) is 23.5 Å². The minimum absolute atomic E-state index is 0.0451. The van der Waals surface area contributed by atoms with Crippen molar-refractivity contribution in [3.8, 4) is 0 Å². The van der Waals surface area contributed by atoms with Crippen LogP contribution in [0, 0.1) is 0 Å². The van der Waals surface area contributed by atoms with Crippen LogP contribution in [-0.4, -0.2) is 27.8 Å². The zero-order chi connectivity index (χ0) is 21.8. The lowest BCUT2D eigenvalue weighted by Gasteiger charge is -2.14. The number of nitrogens with two attached hydrogens (primary N) is 2. The summed E-state index contributed by atoms with van der Waals surface area (Å²) >= 11 is 0. The van der Waals surface area contributed by atoms with Crippen molar-refractivity contribution < 1.29 is 14.0 Å². The number of aromatic nitrogens is 2. The lowest BCUT2D eigenvalue weighted by molar-refractivity contribution is -0.119. The third-order valence-electron chi connectivity index (χ3n) is 5.12. The first kappa shape index (κ1) is 20.4. The fourth-order valence-corrected chi connectivity index (χ4v) is 3.49. The first-order valence-corrected chi connectivity index (χ1v) is 9.91. The van der Waals surface area contributed by atoms with Crippen molar-refractivity contribution in [3.63, 3.8) is 0 Å². The Bertz CT molecular complexity index is 1200. The second kappa shape index (κ2) is 8.85. The van der Waals surface area contributed by atoms with E-state index in [1.165, 1.54) is 6.26 Å². The fraction of sp³-hybridized carbons (Fsp3) is 0.174. The molecule has 0 spiro atoms. The molecule has 2 amide bonds. The van der Waals surface area contributed by atoms with Gasteiger partial charge < -0.3 is 26.2 Å². The molecule has 6 N–H and O–H groups in total. The fourth-order valence-electron chi connectivity index (χ4n) is 3.49. The Hall–Kier alpha value is -3.91. The predicted octanol–water partition coefficient (Wildman–Crippen LogP) is 2.22. The number of rotatable bonds is 8. The van der Waals surface area contributed by atoms with E-state index in [4.69, 9.17) is 15.9 Å². The average molecular weight is 417 g/mol. The second-order valence-electron chi connectivity index (χ2n) is 7.36. The van der Waals surface area contributed by atoms with E-state index >= 15 is 0 Å². The maximum Gasteiger partial charge on any atom is 0.273 e. The smallest absolute Gasteiger partial charge is 0.273 e. The molecule has 2 aromatic heterocycles. The summed E-state index contributed by atoms with van der Waals surface area (Å²) in [5.41, 5.74) is 14.6. The summed E-state index contributed by atoms with van der Waals surface area (Å²) < 4.78 is 5.41. The number of fused-ring (bicyclic) bond motifs is 1. The van der Waals surface area contributed by atoms with Gasteiger partial charge in [0.15, 0.2) is 5.69 Å². The molecule has 0 bridgehead atoms. The Morgan fingerprint density at radius 1 is 1.06 bits per heavy atom. The van der Waals surface area contributed by atoms with Gasteiger partial charge in [0.2, 0.25) is 11.8 Å². The zero-order valence-electron chi connectivity index (χ0n) is 16.7. The van der Waals surface area contributed by atoms with Gasteiger partial charge in [-0.05, 0) is 23.6 Å². The number of primary amides is 1. The standard InChI is InChI=1S/C23H23N5O3/c24-17(10-14-6-2-1-3-7-14)23-28-20(13-31-23)22(30)27-19(21(25)29)11-15-12-26-18-9-5-4-8-16(15)18/h1-9,12-13,17,19,26H,10-11,24H2,(H2,25,29)(H,27,30). The first-order chi connectivity index (χ1) is 15.0. The summed E-state index contributed by atoms with van der Waals surface area (Å²) in [6, 6.07) is 16.0. The number of H-pyrrole nitrogens is 1. The minimum Gasteiger partial charge on any atom is -0.446 e. The third-order valence-corrected chi connectivity index (χ3v) is 5.12. The number of aromatic amines is 1. The molecule has 4 rings (SSSR count). The average Bonchev–Trinajstić information content (AvgIpc) is 3.42. The van der Waals surface area contributed by atoms with E-state index < -0.39 is 23.9 Å².